The summed E-state index contributed by atoms with van der Waals surface area (Å²) in [7, 11) is 1.59. The summed E-state index contributed by atoms with van der Waals surface area (Å²) in [6.07, 6.45) is 0. The molecule has 0 spiro atoms. The molecule has 1 fully saturated rings. The Hall–Kier alpha value is -2.08. The van der Waals surface area contributed by atoms with E-state index in [1.807, 2.05) is 25.1 Å². The molecule has 0 aromatic heterocycles. The molecule has 1 aromatic carbocycles. The first-order valence-corrected chi connectivity index (χ1v) is 7.11. The number of methoxy groups -OCH3 is 1. The molecule has 0 N–H and O–H groups in total. The Bertz CT molecular complexity index is 565. The number of benzene rings is 1. The van der Waals surface area contributed by atoms with Crippen molar-refractivity contribution in [3.05, 3.63) is 29.3 Å². The van der Waals surface area contributed by atoms with E-state index < -0.39 is 0 Å². The van der Waals surface area contributed by atoms with E-state index in [-0.39, 0.29) is 6.04 Å². The third kappa shape index (κ3) is 3.72. The maximum absolute atomic E-state index is 8.99. The van der Waals surface area contributed by atoms with Crippen LogP contribution in [0.25, 0.3) is 0 Å². The summed E-state index contributed by atoms with van der Waals surface area (Å²) >= 11 is 0. The van der Waals surface area contributed by atoms with Crippen LogP contribution in [0.5, 0.6) is 5.75 Å². The van der Waals surface area contributed by atoms with E-state index in [2.05, 4.69) is 21.9 Å². The van der Waals surface area contributed by atoms with Crippen LogP contribution in [0.4, 0.5) is 0 Å². The zero-order chi connectivity index (χ0) is 15.2. The van der Waals surface area contributed by atoms with E-state index in [4.69, 9.17) is 15.3 Å². The van der Waals surface area contributed by atoms with Crippen molar-refractivity contribution in [2.75, 3.05) is 33.3 Å². The first-order chi connectivity index (χ1) is 10.2. The fourth-order valence-corrected chi connectivity index (χ4v) is 2.57. The van der Waals surface area contributed by atoms with Gasteiger partial charge < -0.3 is 4.74 Å². The second-order valence-corrected chi connectivity index (χ2v) is 5.26. The highest BCUT2D eigenvalue weighted by molar-refractivity contribution is 5.45. The molecule has 0 radical (unpaired) electrons. The summed E-state index contributed by atoms with van der Waals surface area (Å²) in [6, 6.07) is 10.1. The molecule has 110 valence electrons. The van der Waals surface area contributed by atoms with Crippen molar-refractivity contribution in [3.63, 3.8) is 0 Å². The van der Waals surface area contributed by atoms with Crippen LogP contribution in [0.1, 0.15) is 18.1 Å². The Morgan fingerprint density at radius 3 is 2.52 bits per heavy atom. The third-order valence-corrected chi connectivity index (χ3v) is 3.93. The molecule has 1 aromatic rings. The maximum Gasteiger partial charge on any atom is 0.136 e. The van der Waals surface area contributed by atoms with Gasteiger partial charge >= 0.3 is 0 Å². The molecule has 1 unspecified atom stereocenters. The van der Waals surface area contributed by atoms with Crippen molar-refractivity contribution in [2.24, 2.45) is 0 Å². The summed E-state index contributed by atoms with van der Waals surface area (Å²) in [5.74, 6) is 0.631. The van der Waals surface area contributed by atoms with Gasteiger partial charge in [0.15, 0.2) is 0 Å². The summed E-state index contributed by atoms with van der Waals surface area (Å²) < 4.78 is 5.24. The molecule has 1 aliphatic rings. The predicted molar refractivity (Wildman–Crippen MR) is 79.6 cm³/mol. The van der Waals surface area contributed by atoms with Gasteiger partial charge in [0, 0.05) is 32.7 Å². The van der Waals surface area contributed by atoms with Gasteiger partial charge in [-0.1, -0.05) is 6.07 Å². The van der Waals surface area contributed by atoms with Crippen LogP contribution < -0.4 is 4.74 Å². The van der Waals surface area contributed by atoms with Gasteiger partial charge in [-0.25, -0.2) is 0 Å². The van der Waals surface area contributed by atoms with Crippen LogP contribution in [-0.2, 0) is 6.54 Å². The van der Waals surface area contributed by atoms with Gasteiger partial charge in [0.25, 0.3) is 0 Å². The van der Waals surface area contributed by atoms with E-state index >= 15 is 0 Å². The maximum atomic E-state index is 8.99. The fourth-order valence-electron chi connectivity index (χ4n) is 2.57. The van der Waals surface area contributed by atoms with Crippen molar-refractivity contribution in [1.82, 2.24) is 9.80 Å². The van der Waals surface area contributed by atoms with Gasteiger partial charge in [-0.05, 0) is 24.6 Å². The van der Waals surface area contributed by atoms with E-state index in [0.29, 0.717) is 11.3 Å². The largest absolute Gasteiger partial charge is 0.495 e. The monoisotopic (exact) mass is 284 g/mol. The fraction of sp³-hybridized carbons (Fsp3) is 0.500. The lowest BCUT2D eigenvalue weighted by molar-refractivity contribution is 0.114. The molecule has 1 atom stereocenters. The van der Waals surface area contributed by atoms with E-state index in [1.54, 1.807) is 7.11 Å². The Morgan fingerprint density at radius 2 is 1.95 bits per heavy atom. The lowest BCUT2D eigenvalue weighted by Crippen LogP contribution is -2.48. The van der Waals surface area contributed by atoms with Crippen LogP contribution in [0.15, 0.2) is 18.2 Å². The Kier molecular flexibility index (Phi) is 5.16. The molecule has 0 amide bonds. The van der Waals surface area contributed by atoms with Crippen LogP contribution in [0.3, 0.4) is 0 Å². The molecule has 5 nitrogen and oxygen atoms in total. The smallest absolute Gasteiger partial charge is 0.136 e. The third-order valence-electron chi connectivity index (χ3n) is 3.93. The van der Waals surface area contributed by atoms with Crippen molar-refractivity contribution in [1.29, 1.82) is 10.5 Å². The number of hydrogen-bond acceptors (Lipinski definition) is 5. The number of nitriles is 2. The summed E-state index contributed by atoms with van der Waals surface area (Å²) in [5.41, 5.74) is 1.71. The van der Waals surface area contributed by atoms with Gasteiger partial charge in [0.1, 0.15) is 11.8 Å². The van der Waals surface area contributed by atoms with Crippen LogP contribution in [-0.4, -0.2) is 49.1 Å². The number of hydrogen-bond donors (Lipinski definition) is 0. The zero-order valence-corrected chi connectivity index (χ0v) is 12.5. The molecule has 0 saturated carbocycles. The molecule has 5 heteroatoms. The minimum atomic E-state index is -0.0119. The van der Waals surface area contributed by atoms with Crippen molar-refractivity contribution < 1.29 is 4.74 Å². The zero-order valence-electron chi connectivity index (χ0n) is 12.5. The SMILES string of the molecule is COc1cc(CN2CCN(C(C)C#N)CC2)ccc1C#N. The molecule has 0 aliphatic carbocycles. The summed E-state index contributed by atoms with van der Waals surface area (Å²) in [6.45, 7) is 6.53. The van der Waals surface area contributed by atoms with Gasteiger partial charge in [0.2, 0.25) is 0 Å². The summed E-state index contributed by atoms with van der Waals surface area (Å²) in [4.78, 5) is 4.57. The molecule has 1 heterocycles. The minimum absolute atomic E-state index is 0.0119. The molecule has 21 heavy (non-hydrogen) atoms. The lowest BCUT2D eigenvalue weighted by atomic mass is 10.1. The molecular formula is C16H20N4O. The van der Waals surface area contributed by atoms with Crippen LogP contribution in [0, 0.1) is 22.7 Å². The van der Waals surface area contributed by atoms with Gasteiger partial charge in [-0.2, -0.15) is 10.5 Å². The highest BCUT2D eigenvalue weighted by Gasteiger charge is 2.20. The summed E-state index contributed by atoms with van der Waals surface area (Å²) in [5, 5.41) is 17.9. The van der Waals surface area contributed by atoms with Crippen molar-refractivity contribution in [3.8, 4) is 17.9 Å². The first kappa shape index (κ1) is 15.3. The second-order valence-electron chi connectivity index (χ2n) is 5.26. The predicted octanol–water partition coefficient (Wildman–Crippen LogP) is 1.60. The average Bonchev–Trinajstić information content (AvgIpc) is 2.54. The molecule has 1 aliphatic heterocycles. The van der Waals surface area contributed by atoms with E-state index in [9.17, 15) is 0 Å². The first-order valence-electron chi connectivity index (χ1n) is 7.11. The normalized spacial score (nSPS) is 17.7. The molecule has 2 rings (SSSR count). The van der Waals surface area contributed by atoms with E-state index in [0.717, 1.165) is 38.3 Å². The number of piperazine rings is 1. The lowest BCUT2D eigenvalue weighted by Gasteiger charge is -2.35. The number of rotatable bonds is 4. The highest BCUT2D eigenvalue weighted by Crippen LogP contribution is 2.20. The van der Waals surface area contributed by atoms with Gasteiger partial charge in [-0.15, -0.1) is 0 Å². The van der Waals surface area contributed by atoms with Crippen LogP contribution >= 0.6 is 0 Å². The highest BCUT2D eigenvalue weighted by atomic mass is 16.5. The Morgan fingerprint density at radius 1 is 1.24 bits per heavy atom. The van der Waals surface area contributed by atoms with Gasteiger partial charge in [-0.3, -0.25) is 9.80 Å². The molecule has 0 bridgehead atoms. The van der Waals surface area contributed by atoms with Crippen molar-refractivity contribution >= 4 is 0 Å². The minimum Gasteiger partial charge on any atom is -0.495 e. The average molecular weight is 284 g/mol. The topological polar surface area (TPSA) is 63.3 Å². The van der Waals surface area contributed by atoms with E-state index in [1.165, 1.54) is 0 Å². The Balaban J connectivity index is 1.95. The second kappa shape index (κ2) is 7.08. The number of ether oxygens (including phenoxy) is 1. The van der Waals surface area contributed by atoms with Crippen molar-refractivity contribution in [2.45, 2.75) is 19.5 Å². The van der Waals surface area contributed by atoms with Gasteiger partial charge in [0.05, 0.1) is 24.8 Å². The number of nitrogens with zero attached hydrogens (tertiary/aromatic N) is 4. The van der Waals surface area contributed by atoms with Crippen LogP contribution in [0.2, 0.25) is 0 Å². The quantitative estimate of drug-likeness (QED) is 0.840. The Labute approximate surface area is 125 Å². The molecule has 1 saturated heterocycles. The molecular weight excluding hydrogens is 264 g/mol. The standard InChI is InChI=1S/C16H20N4O/c1-13(10-17)20-7-5-19(6-8-20)12-14-3-4-15(11-18)16(9-14)21-2/h3-4,9,13H,5-8,12H2,1-2H3.